The van der Waals surface area contributed by atoms with Gasteiger partial charge in [0.2, 0.25) is 0 Å². The van der Waals surface area contributed by atoms with E-state index >= 15 is 0 Å². The van der Waals surface area contributed by atoms with Crippen LogP contribution in [0.3, 0.4) is 0 Å². The molecule has 5 heteroatoms. The van der Waals surface area contributed by atoms with Crippen LogP contribution in [0.1, 0.15) is 116 Å². The Morgan fingerprint density at radius 1 is 0.459 bits per heavy atom. The number of hydrogen-bond acceptors (Lipinski definition) is 3. The van der Waals surface area contributed by atoms with Crippen LogP contribution in [0.4, 0.5) is 0 Å². The zero-order valence-corrected chi connectivity index (χ0v) is 41.9. The second-order valence-corrected chi connectivity index (χ2v) is 25.3. The van der Waals surface area contributed by atoms with Gasteiger partial charge in [-0.25, -0.2) is 0 Å². The number of ether oxygens (including phenoxy) is 1. The van der Waals surface area contributed by atoms with E-state index in [1.165, 1.54) is 72.7 Å². The van der Waals surface area contributed by atoms with Crippen LogP contribution in [0.15, 0.2) is 109 Å². The van der Waals surface area contributed by atoms with Crippen molar-refractivity contribution >= 4 is 48.3 Å². The van der Waals surface area contributed by atoms with E-state index in [4.69, 9.17) is 14.7 Å². The van der Waals surface area contributed by atoms with Crippen LogP contribution in [-0.2, 0) is 21.7 Å². The first-order valence-electron chi connectivity index (χ1n) is 21.5. The molecule has 312 valence electrons. The van der Waals surface area contributed by atoms with Crippen molar-refractivity contribution in [2.45, 2.75) is 119 Å². The molecule has 8 aromatic rings. The van der Waals surface area contributed by atoms with Crippen LogP contribution in [0.25, 0.3) is 61.8 Å². The average molecular weight is 935 g/mol. The summed E-state index contributed by atoms with van der Waals surface area (Å²) < 4.78 is 12.5. The Balaban J connectivity index is 1.21. The van der Waals surface area contributed by atoms with Gasteiger partial charge < -0.3 is 0 Å². The van der Waals surface area contributed by atoms with Gasteiger partial charge in [0.05, 0.1) is 0 Å². The zero-order chi connectivity index (χ0) is 43.8. The van der Waals surface area contributed by atoms with Gasteiger partial charge in [-0.1, -0.05) is 0 Å². The molecule has 0 bridgehead atoms. The van der Waals surface area contributed by atoms with Crippen LogP contribution < -0.4 is 4.74 Å². The Hall–Kier alpha value is -4.50. The number of aromatic nitrogens is 2. The van der Waals surface area contributed by atoms with E-state index < -0.39 is 0 Å². The summed E-state index contributed by atoms with van der Waals surface area (Å²) in [6.45, 7) is 31.9. The fourth-order valence-corrected chi connectivity index (χ4v) is 13.5. The molecule has 0 aliphatic rings. The molecule has 0 aliphatic heterocycles. The van der Waals surface area contributed by atoms with Crippen LogP contribution >= 0.6 is 0 Å². The number of fused-ring (bicyclic) bond motifs is 2. The molecule has 4 aromatic carbocycles. The molecule has 61 heavy (non-hydrogen) atoms. The first kappa shape index (κ1) is 43.2. The van der Waals surface area contributed by atoms with Gasteiger partial charge in [-0.2, -0.15) is 0 Å². The topological polar surface area (TPSA) is 35.0 Å². The van der Waals surface area contributed by atoms with Crippen LogP contribution in [0.5, 0.6) is 11.5 Å². The van der Waals surface area contributed by atoms with Crippen molar-refractivity contribution in [3.8, 4) is 54.0 Å². The van der Waals surface area contributed by atoms with Crippen molar-refractivity contribution in [1.29, 1.82) is 0 Å². The summed E-state index contributed by atoms with van der Waals surface area (Å²) in [5.74, 6) is 1.64. The van der Waals surface area contributed by atoms with Gasteiger partial charge in [0.1, 0.15) is 0 Å². The van der Waals surface area contributed by atoms with Gasteiger partial charge in [0, 0.05) is 0 Å². The summed E-state index contributed by atoms with van der Waals surface area (Å²) in [4.78, 5) is 10.2. The summed E-state index contributed by atoms with van der Waals surface area (Å²) in [5, 5.41) is 2.58. The van der Waals surface area contributed by atoms with Crippen LogP contribution in [0, 0.1) is 13.8 Å². The third-order valence-electron chi connectivity index (χ3n) is 11.9. The molecule has 0 saturated heterocycles. The second-order valence-electron chi connectivity index (χ2n) is 21.0. The quantitative estimate of drug-likeness (QED) is 0.156. The van der Waals surface area contributed by atoms with E-state index in [-0.39, 0.29) is 50.7 Å². The Bertz CT molecular complexity index is 2930. The first-order chi connectivity index (χ1) is 28.5. The first-order valence-corrected chi connectivity index (χ1v) is 25.0. The molecule has 0 fully saturated rings. The Kier molecular flexibility index (Phi) is 11.1. The number of pyridine rings is 2. The monoisotopic (exact) mass is 936 g/mol. The predicted octanol–water partition coefficient (Wildman–Crippen LogP) is 15.2. The molecule has 0 radical (unpaired) electrons. The molecule has 4 heterocycles. The van der Waals surface area contributed by atoms with Gasteiger partial charge in [-0.3, -0.25) is 0 Å². The van der Waals surface area contributed by atoms with Crippen molar-refractivity contribution in [1.82, 2.24) is 9.97 Å². The van der Waals surface area contributed by atoms with Crippen molar-refractivity contribution in [3.05, 3.63) is 143 Å². The van der Waals surface area contributed by atoms with Crippen molar-refractivity contribution in [3.63, 3.8) is 0 Å². The van der Waals surface area contributed by atoms with Gasteiger partial charge in [0.15, 0.2) is 0 Å². The maximum absolute atomic E-state index is 7.04. The van der Waals surface area contributed by atoms with Gasteiger partial charge in [0.25, 0.3) is 0 Å². The van der Waals surface area contributed by atoms with Gasteiger partial charge >= 0.3 is 378 Å². The molecule has 8 rings (SSSR count). The number of rotatable bonds is 6. The molecule has 0 saturated carbocycles. The average Bonchev–Trinajstić information content (AvgIpc) is 3.77. The minimum absolute atomic E-state index is 0.0996. The third-order valence-corrected chi connectivity index (χ3v) is 17.3. The molecule has 3 nitrogen and oxygen atoms in total. The van der Waals surface area contributed by atoms with E-state index in [0.717, 1.165) is 34.0 Å². The van der Waals surface area contributed by atoms with E-state index in [1.807, 2.05) is 12.4 Å². The molecule has 0 unspecified atom stereocenters. The summed E-state index contributed by atoms with van der Waals surface area (Å²) in [7, 11) is 0. The Labute approximate surface area is 376 Å². The molecule has 4 aromatic heterocycles. The van der Waals surface area contributed by atoms with Crippen molar-refractivity contribution in [2.75, 3.05) is 0 Å². The van der Waals surface area contributed by atoms with Crippen molar-refractivity contribution < 1.29 is 4.74 Å². The third kappa shape index (κ3) is 8.78. The molecule has 0 spiro atoms. The number of hydrogen-bond donors (Lipinski definition) is 0. The van der Waals surface area contributed by atoms with E-state index in [2.05, 4.69) is 194 Å². The molecule has 0 aliphatic carbocycles. The molecular weight excluding hydrogens is 875 g/mol. The number of aryl methyl sites for hydroxylation is 2. The van der Waals surface area contributed by atoms with E-state index in [0.29, 0.717) is 0 Å². The van der Waals surface area contributed by atoms with Crippen LogP contribution in [-0.4, -0.2) is 39.0 Å². The number of nitrogens with zero attached hydrogens (tertiary/aromatic N) is 2. The predicted molar refractivity (Wildman–Crippen MR) is 263 cm³/mol. The van der Waals surface area contributed by atoms with E-state index in [1.54, 1.807) is 0 Å². The Morgan fingerprint density at radius 3 is 1.54 bits per heavy atom. The Morgan fingerprint density at radius 2 is 1.00 bits per heavy atom. The summed E-state index contributed by atoms with van der Waals surface area (Å²) >= 11 is 0.214. The second kappa shape index (κ2) is 15.7. The molecule has 0 N–H and O–H groups in total. The van der Waals surface area contributed by atoms with E-state index in [9.17, 15) is 0 Å². The fourth-order valence-electron chi connectivity index (χ4n) is 8.31. The van der Waals surface area contributed by atoms with Crippen LogP contribution in [0.2, 0.25) is 0 Å². The minimum atomic E-state index is -0.101. The number of benzene rings is 4. The molecule has 0 atom stereocenters. The summed E-state index contributed by atoms with van der Waals surface area (Å²) in [6.07, 6.45) is 3.95. The SMILES string of the molecule is Cc1cc(-c2cc3ccnc(-c4cc(Oc5cc(-c6nccc7c(C)c(-c8ccc(C(C)(C)C)cc8)[se]c67)cc(C(C)(C)C)c5)cc(C(C)(C)C)c4)c3[se]2)ccc1C(C)(C)C. The maximum atomic E-state index is 7.04. The summed E-state index contributed by atoms with van der Waals surface area (Å²) in [5.41, 5.74) is 14.8. The van der Waals surface area contributed by atoms with Gasteiger partial charge in [-0.15, -0.1) is 0 Å². The molecule has 0 amide bonds. The standard InChI is InChI=1S/C56H60N2OSe2/c1-33-25-36(17-20-46(33)56(12,13)14)47-30-37-21-23-57-48(51(37)60-47)38-26-41(54(6,7)8)31-43(28-38)59-44-29-39(27-42(32-44)55(9,10)11)49-52-45(22-24-58-49)34(2)50(61-52)35-15-18-40(19-16-35)53(3,4)5/h15-32H,1-14H3. The zero-order valence-electron chi connectivity index (χ0n) is 38.5. The summed E-state index contributed by atoms with van der Waals surface area (Å²) in [6, 6.07) is 36.5. The van der Waals surface area contributed by atoms with Gasteiger partial charge in [-0.05, 0) is 0 Å². The van der Waals surface area contributed by atoms with Crippen molar-refractivity contribution in [2.24, 2.45) is 0 Å². The normalized spacial score (nSPS) is 12.8. The molecular formula is C56H60N2OSe2. The fraction of sp³-hybridized carbons (Fsp3) is 0.321.